The molecule has 0 fully saturated rings. The average molecular weight is 306 g/mol. The molecule has 20 heavy (non-hydrogen) atoms. The Balaban J connectivity index is 2.16. The van der Waals surface area contributed by atoms with E-state index < -0.39 is 0 Å². The molecular formula is C16H13ClFNS. The van der Waals surface area contributed by atoms with E-state index in [2.05, 4.69) is 22.8 Å². The lowest BCUT2D eigenvalue weighted by Gasteiger charge is -2.18. The molecule has 0 saturated heterocycles. The molecule has 0 aliphatic rings. The highest BCUT2D eigenvalue weighted by Gasteiger charge is 2.19. The molecule has 0 aliphatic heterocycles. The second kappa shape index (κ2) is 5.52. The van der Waals surface area contributed by atoms with Crippen LogP contribution in [0.1, 0.15) is 17.2 Å². The third-order valence-electron chi connectivity index (χ3n) is 3.38. The summed E-state index contributed by atoms with van der Waals surface area (Å²) in [5.41, 5.74) is 1.89. The molecule has 0 aliphatic carbocycles. The van der Waals surface area contributed by atoms with Crippen molar-refractivity contribution in [1.82, 2.24) is 5.32 Å². The molecule has 1 atom stereocenters. The number of hydrogen-bond acceptors (Lipinski definition) is 2. The van der Waals surface area contributed by atoms with Crippen molar-refractivity contribution in [2.75, 3.05) is 7.05 Å². The standard InChI is InChI=1S/C16H13ClFNS/c1-19-16(12-8-10(18)6-7-14(12)17)13-9-20-15-5-3-2-4-11(13)15/h2-9,16,19H,1H3. The van der Waals surface area contributed by atoms with E-state index in [-0.39, 0.29) is 11.9 Å². The zero-order chi connectivity index (χ0) is 14.1. The first-order valence-electron chi connectivity index (χ1n) is 6.29. The van der Waals surface area contributed by atoms with E-state index in [1.165, 1.54) is 22.2 Å². The smallest absolute Gasteiger partial charge is 0.123 e. The van der Waals surface area contributed by atoms with E-state index in [0.29, 0.717) is 5.02 Å². The van der Waals surface area contributed by atoms with Crippen LogP contribution in [0.2, 0.25) is 5.02 Å². The van der Waals surface area contributed by atoms with Crippen molar-refractivity contribution in [3.05, 3.63) is 69.8 Å². The summed E-state index contributed by atoms with van der Waals surface area (Å²) in [5, 5.41) is 7.09. The molecule has 4 heteroatoms. The van der Waals surface area contributed by atoms with Crippen LogP contribution < -0.4 is 5.32 Å². The number of rotatable bonds is 3. The molecule has 0 amide bonds. The Morgan fingerprint density at radius 3 is 2.75 bits per heavy atom. The first-order chi connectivity index (χ1) is 9.70. The summed E-state index contributed by atoms with van der Waals surface area (Å²) < 4.78 is 14.7. The van der Waals surface area contributed by atoms with E-state index >= 15 is 0 Å². The highest BCUT2D eigenvalue weighted by atomic mass is 35.5. The van der Waals surface area contributed by atoms with E-state index in [1.807, 2.05) is 19.2 Å². The number of nitrogens with one attached hydrogen (secondary N) is 1. The highest BCUT2D eigenvalue weighted by Crippen LogP contribution is 2.35. The largest absolute Gasteiger partial charge is 0.309 e. The van der Waals surface area contributed by atoms with Crippen molar-refractivity contribution in [1.29, 1.82) is 0 Å². The van der Waals surface area contributed by atoms with E-state index in [0.717, 1.165) is 11.1 Å². The summed E-state index contributed by atoms with van der Waals surface area (Å²) in [4.78, 5) is 0. The Morgan fingerprint density at radius 1 is 1.15 bits per heavy atom. The average Bonchev–Trinajstić information content (AvgIpc) is 2.88. The van der Waals surface area contributed by atoms with Gasteiger partial charge in [0, 0.05) is 9.72 Å². The second-order valence-electron chi connectivity index (χ2n) is 4.57. The SMILES string of the molecule is CNC(c1cc(F)ccc1Cl)c1csc2ccccc12. The number of halogens is 2. The Bertz CT molecular complexity index is 753. The van der Waals surface area contributed by atoms with Crippen LogP contribution in [0.4, 0.5) is 4.39 Å². The van der Waals surface area contributed by atoms with Gasteiger partial charge in [0.15, 0.2) is 0 Å². The van der Waals surface area contributed by atoms with Crippen molar-refractivity contribution in [2.24, 2.45) is 0 Å². The molecule has 0 saturated carbocycles. The molecule has 0 bridgehead atoms. The van der Waals surface area contributed by atoms with Crippen LogP contribution in [-0.2, 0) is 0 Å². The van der Waals surface area contributed by atoms with Crippen molar-refractivity contribution in [3.8, 4) is 0 Å². The van der Waals surface area contributed by atoms with E-state index in [4.69, 9.17) is 11.6 Å². The summed E-state index contributed by atoms with van der Waals surface area (Å²) in [6.45, 7) is 0. The van der Waals surface area contributed by atoms with Crippen LogP contribution in [-0.4, -0.2) is 7.05 Å². The van der Waals surface area contributed by atoms with Gasteiger partial charge in [-0.05, 0) is 53.2 Å². The van der Waals surface area contributed by atoms with Crippen LogP contribution in [0.15, 0.2) is 47.8 Å². The first-order valence-corrected chi connectivity index (χ1v) is 7.55. The fraction of sp³-hybridized carbons (Fsp3) is 0.125. The maximum Gasteiger partial charge on any atom is 0.123 e. The predicted octanol–water partition coefficient (Wildman–Crippen LogP) is 5.00. The minimum atomic E-state index is -0.274. The summed E-state index contributed by atoms with van der Waals surface area (Å²) in [5.74, 6) is -0.274. The van der Waals surface area contributed by atoms with E-state index in [9.17, 15) is 4.39 Å². The molecule has 1 heterocycles. The van der Waals surface area contributed by atoms with Gasteiger partial charge >= 0.3 is 0 Å². The summed E-state index contributed by atoms with van der Waals surface area (Å²) in [6.07, 6.45) is 0. The lowest BCUT2D eigenvalue weighted by atomic mass is 9.98. The zero-order valence-electron chi connectivity index (χ0n) is 10.9. The fourth-order valence-electron chi connectivity index (χ4n) is 2.44. The van der Waals surface area contributed by atoms with Gasteiger partial charge in [-0.25, -0.2) is 4.39 Å². The predicted molar refractivity (Wildman–Crippen MR) is 84.1 cm³/mol. The Kier molecular flexibility index (Phi) is 3.74. The molecular weight excluding hydrogens is 293 g/mol. The van der Waals surface area contributed by atoms with E-state index in [1.54, 1.807) is 17.4 Å². The quantitative estimate of drug-likeness (QED) is 0.718. The number of benzene rings is 2. The van der Waals surface area contributed by atoms with Crippen LogP contribution in [0, 0.1) is 5.82 Å². The molecule has 1 unspecified atom stereocenters. The van der Waals surface area contributed by atoms with Crippen LogP contribution >= 0.6 is 22.9 Å². The number of hydrogen-bond donors (Lipinski definition) is 1. The third kappa shape index (κ3) is 2.33. The topological polar surface area (TPSA) is 12.0 Å². The molecule has 1 N–H and O–H groups in total. The number of fused-ring (bicyclic) bond motifs is 1. The Hall–Kier alpha value is -1.42. The van der Waals surface area contributed by atoms with Gasteiger partial charge in [-0.1, -0.05) is 29.8 Å². The molecule has 0 radical (unpaired) electrons. The lowest BCUT2D eigenvalue weighted by Crippen LogP contribution is -2.17. The van der Waals surface area contributed by atoms with Crippen LogP contribution in [0.3, 0.4) is 0 Å². The Morgan fingerprint density at radius 2 is 1.95 bits per heavy atom. The first kappa shape index (κ1) is 13.6. The van der Waals surface area contributed by atoms with Gasteiger partial charge in [0.1, 0.15) is 5.82 Å². The minimum absolute atomic E-state index is 0.116. The summed E-state index contributed by atoms with van der Waals surface area (Å²) >= 11 is 7.92. The van der Waals surface area contributed by atoms with Gasteiger partial charge in [0.25, 0.3) is 0 Å². The van der Waals surface area contributed by atoms with Crippen LogP contribution in [0.25, 0.3) is 10.1 Å². The molecule has 3 aromatic rings. The van der Waals surface area contributed by atoms with Gasteiger partial charge < -0.3 is 5.32 Å². The molecule has 102 valence electrons. The fourth-order valence-corrected chi connectivity index (χ4v) is 3.65. The van der Waals surface area contributed by atoms with Crippen molar-refractivity contribution in [3.63, 3.8) is 0 Å². The molecule has 1 nitrogen and oxygen atoms in total. The monoisotopic (exact) mass is 305 g/mol. The molecule has 3 rings (SSSR count). The van der Waals surface area contributed by atoms with Gasteiger partial charge in [0.05, 0.1) is 6.04 Å². The van der Waals surface area contributed by atoms with Gasteiger partial charge in [-0.15, -0.1) is 11.3 Å². The van der Waals surface area contributed by atoms with Gasteiger partial charge in [-0.2, -0.15) is 0 Å². The molecule has 1 aromatic heterocycles. The maximum absolute atomic E-state index is 13.5. The molecule has 2 aromatic carbocycles. The van der Waals surface area contributed by atoms with Crippen LogP contribution in [0.5, 0.6) is 0 Å². The second-order valence-corrected chi connectivity index (χ2v) is 5.89. The lowest BCUT2D eigenvalue weighted by molar-refractivity contribution is 0.617. The van der Waals surface area contributed by atoms with Crippen molar-refractivity contribution >= 4 is 33.0 Å². The van der Waals surface area contributed by atoms with Crippen molar-refractivity contribution < 1.29 is 4.39 Å². The minimum Gasteiger partial charge on any atom is -0.309 e. The normalized spacial score (nSPS) is 12.8. The Labute approximate surface area is 126 Å². The molecule has 0 spiro atoms. The maximum atomic E-state index is 13.5. The van der Waals surface area contributed by atoms with Crippen molar-refractivity contribution in [2.45, 2.75) is 6.04 Å². The summed E-state index contributed by atoms with van der Waals surface area (Å²) in [7, 11) is 1.86. The number of thiophene rings is 1. The summed E-state index contributed by atoms with van der Waals surface area (Å²) in [6, 6.07) is 12.6. The van der Waals surface area contributed by atoms with Gasteiger partial charge in [-0.3, -0.25) is 0 Å². The zero-order valence-corrected chi connectivity index (χ0v) is 12.4. The third-order valence-corrected chi connectivity index (χ3v) is 4.71. The highest BCUT2D eigenvalue weighted by molar-refractivity contribution is 7.17. The van der Waals surface area contributed by atoms with Gasteiger partial charge in [0.2, 0.25) is 0 Å².